The smallest absolute Gasteiger partial charge is 0.311 e. The molecule has 0 saturated carbocycles. The lowest BCUT2D eigenvalue weighted by Crippen LogP contribution is -2.00. The molecule has 0 bridgehead atoms. The summed E-state index contributed by atoms with van der Waals surface area (Å²) in [6, 6.07) is 0. The van der Waals surface area contributed by atoms with Crippen molar-refractivity contribution in [3.63, 3.8) is 0 Å². The van der Waals surface area contributed by atoms with Crippen LogP contribution in [0.15, 0.2) is 4.52 Å². The first kappa shape index (κ1) is 10.6. The van der Waals surface area contributed by atoms with Gasteiger partial charge >= 0.3 is 5.97 Å². The normalized spacial score (nSPS) is 10.9. The van der Waals surface area contributed by atoms with Gasteiger partial charge in [0, 0.05) is 0 Å². The van der Waals surface area contributed by atoms with Crippen LogP contribution in [0, 0.1) is 5.82 Å². The number of halogens is 2. The molecule has 0 radical (unpaired) electrons. The highest BCUT2D eigenvalue weighted by molar-refractivity contribution is 14.2. The fourth-order valence-electron chi connectivity index (χ4n) is 0.643. The van der Waals surface area contributed by atoms with E-state index in [9.17, 15) is 9.18 Å². The molecule has 0 aliphatic carbocycles. The molecule has 0 saturated heterocycles. The van der Waals surface area contributed by atoms with E-state index in [4.69, 9.17) is 9.63 Å². The number of carboxylic acids is 1. The molecule has 13 heavy (non-hydrogen) atoms. The summed E-state index contributed by atoms with van der Waals surface area (Å²) in [4.78, 5) is 10.2. The van der Waals surface area contributed by atoms with Crippen LogP contribution in [0.3, 0.4) is 0 Å². The summed E-state index contributed by atoms with van der Waals surface area (Å²) < 4.78 is 22.2. The fourth-order valence-corrected chi connectivity index (χ4v) is 1.47. The molecule has 0 aliphatic heterocycles. The monoisotopic (exact) mass is 319 g/mol. The van der Waals surface area contributed by atoms with E-state index < -0.39 is 18.2 Å². The molecule has 8 heteroatoms. The lowest BCUT2D eigenvalue weighted by Gasteiger charge is -1.92. The van der Waals surface area contributed by atoms with E-state index in [0.717, 1.165) is 0 Å². The number of carbonyl (C=O) groups is 1. The second kappa shape index (κ2) is 4.71. The lowest BCUT2D eigenvalue weighted by molar-refractivity contribution is -0.136. The van der Waals surface area contributed by atoms with Crippen molar-refractivity contribution in [1.29, 1.82) is 0 Å². The van der Waals surface area contributed by atoms with Gasteiger partial charge in [-0.05, 0) is 27.2 Å². The molecular weight excluding hydrogens is 315 g/mol. The molecule has 0 fully saturated rings. The van der Waals surface area contributed by atoms with Crippen molar-refractivity contribution < 1.29 is 23.3 Å². The van der Waals surface area contributed by atoms with Crippen molar-refractivity contribution in [1.82, 2.24) is 5.16 Å². The molecule has 0 amide bonds. The van der Waals surface area contributed by atoms with Gasteiger partial charge in [0.25, 0.3) is 5.88 Å². The predicted molar refractivity (Wildman–Crippen MR) is 50.8 cm³/mol. The second-order valence-electron chi connectivity index (χ2n) is 1.97. The van der Waals surface area contributed by atoms with Gasteiger partial charge in [-0.25, -0.2) is 0 Å². The molecule has 0 aliphatic rings. The van der Waals surface area contributed by atoms with Crippen molar-refractivity contribution in [3.05, 3.63) is 11.6 Å². The Morgan fingerprint density at radius 3 is 3.08 bits per heavy atom. The Hall–Kier alpha value is -0.430. The summed E-state index contributed by atoms with van der Waals surface area (Å²) in [6.07, 6.45) is -0.535. The molecule has 1 atom stereocenters. The summed E-state index contributed by atoms with van der Waals surface area (Å²) in [6.45, 7) is 0.000936. The first-order valence-electron chi connectivity index (χ1n) is 3.03. The predicted octanol–water partition coefficient (Wildman–Crippen LogP) is 1.76. The molecule has 1 heterocycles. The van der Waals surface area contributed by atoms with E-state index in [1.165, 1.54) is 0 Å². The van der Waals surface area contributed by atoms with Crippen molar-refractivity contribution in [2.45, 2.75) is 6.42 Å². The number of nitrogens with zero attached hydrogens (tertiary/aromatic N) is 1. The summed E-state index contributed by atoms with van der Waals surface area (Å²) in [5, 5.41) is 11.6. The first-order valence-corrected chi connectivity index (χ1v) is 7.05. The average Bonchev–Trinajstić information content (AvgIpc) is 2.36. The van der Waals surface area contributed by atoms with Crippen LogP contribution in [0.2, 0.25) is 0 Å². The SMILES string of the molecule is O=C(O)Cc1onc(OPI)c1F. The Bertz CT molecular complexity index is 317. The van der Waals surface area contributed by atoms with E-state index in [1.54, 1.807) is 0 Å². The maximum atomic E-state index is 13.0. The zero-order valence-corrected chi connectivity index (χ0v) is 9.24. The third-order valence-corrected chi connectivity index (χ3v) is 2.05. The van der Waals surface area contributed by atoms with Gasteiger partial charge in [-0.1, -0.05) is 0 Å². The molecule has 1 aromatic heterocycles. The van der Waals surface area contributed by atoms with Crippen molar-refractivity contribution in [2.24, 2.45) is 0 Å². The minimum absolute atomic E-state index is 0.000936. The Balaban J connectivity index is 2.79. The Morgan fingerprint density at radius 1 is 1.85 bits per heavy atom. The molecule has 0 spiro atoms. The second-order valence-corrected chi connectivity index (χ2v) is 3.65. The van der Waals surface area contributed by atoms with Gasteiger partial charge in [0.2, 0.25) is 5.82 Å². The van der Waals surface area contributed by atoms with Gasteiger partial charge in [0.1, 0.15) is 12.9 Å². The van der Waals surface area contributed by atoms with Gasteiger partial charge in [0.05, 0.1) is 0 Å². The lowest BCUT2D eigenvalue weighted by atomic mass is 10.3. The van der Waals surface area contributed by atoms with Crippen LogP contribution in [-0.2, 0) is 11.2 Å². The average molecular weight is 319 g/mol. The highest BCUT2D eigenvalue weighted by Gasteiger charge is 2.19. The third-order valence-electron chi connectivity index (χ3n) is 1.12. The number of aliphatic carboxylic acids is 1. The standard InChI is InChI=1S/C5H4FINO4P/c6-4-2(1-3(9)10)11-8-5(4)12-13-7/h13H,1H2,(H,9,10). The van der Waals surface area contributed by atoms with Crippen LogP contribution < -0.4 is 4.52 Å². The number of hydrogen-bond donors (Lipinski definition) is 1. The minimum atomic E-state index is -1.18. The quantitative estimate of drug-likeness (QED) is 0.676. The Morgan fingerprint density at radius 2 is 2.54 bits per heavy atom. The summed E-state index contributed by atoms with van der Waals surface area (Å²) in [5.74, 6) is -2.63. The maximum Gasteiger partial charge on any atom is 0.311 e. The zero-order chi connectivity index (χ0) is 9.84. The summed E-state index contributed by atoms with van der Waals surface area (Å²) in [5.41, 5.74) is 0. The molecule has 1 rings (SSSR count). The molecule has 72 valence electrons. The van der Waals surface area contributed by atoms with Crippen LogP contribution in [0.1, 0.15) is 5.76 Å². The minimum Gasteiger partial charge on any atom is -0.481 e. The number of carboxylic acid groups (broad SMARTS) is 1. The summed E-state index contributed by atoms with van der Waals surface area (Å²) >= 11 is 1.88. The number of aromatic nitrogens is 1. The largest absolute Gasteiger partial charge is 0.481 e. The van der Waals surface area contributed by atoms with Gasteiger partial charge in [0.15, 0.2) is 5.76 Å². The highest BCUT2D eigenvalue weighted by Crippen LogP contribution is 2.29. The van der Waals surface area contributed by atoms with Gasteiger partial charge in [-0.15, -0.1) is 0 Å². The van der Waals surface area contributed by atoms with E-state index >= 15 is 0 Å². The molecular formula is C5H4FINO4P. The fraction of sp³-hybridized carbons (Fsp3) is 0.200. The summed E-state index contributed by atoms with van der Waals surface area (Å²) in [7, 11) is 0. The van der Waals surface area contributed by atoms with Crippen molar-refractivity contribution in [2.75, 3.05) is 0 Å². The van der Waals surface area contributed by atoms with E-state index in [1.807, 2.05) is 22.0 Å². The van der Waals surface area contributed by atoms with Crippen LogP contribution >= 0.6 is 28.5 Å². The molecule has 5 nitrogen and oxygen atoms in total. The number of rotatable bonds is 4. The van der Waals surface area contributed by atoms with Crippen LogP contribution in [0.4, 0.5) is 4.39 Å². The third kappa shape index (κ3) is 2.77. The Labute approximate surface area is 87.0 Å². The van der Waals surface area contributed by atoms with E-state index in [0.29, 0.717) is 0 Å². The maximum absolute atomic E-state index is 13.0. The van der Waals surface area contributed by atoms with Crippen LogP contribution in [-0.4, -0.2) is 16.2 Å². The van der Waals surface area contributed by atoms with Crippen molar-refractivity contribution >= 4 is 34.5 Å². The molecule has 1 aromatic rings. The molecule has 0 aromatic carbocycles. The van der Waals surface area contributed by atoms with Gasteiger partial charge in [-0.3, -0.25) is 4.79 Å². The number of hydrogen-bond acceptors (Lipinski definition) is 4. The highest BCUT2D eigenvalue weighted by atomic mass is 127. The van der Waals surface area contributed by atoms with Crippen LogP contribution in [0.5, 0.6) is 5.88 Å². The van der Waals surface area contributed by atoms with E-state index in [-0.39, 0.29) is 18.1 Å². The molecule has 1 unspecified atom stereocenters. The van der Waals surface area contributed by atoms with Crippen molar-refractivity contribution in [3.8, 4) is 5.88 Å². The van der Waals surface area contributed by atoms with Crippen LogP contribution in [0.25, 0.3) is 0 Å². The first-order chi connectivity index (χ1) is 6.15. The Kier molecular flexibility index (Phi) is 3.86. The van der Waals surface area contributed by atoms with Gasteiger partial charge < -0.3 is 14.2 Å². The molecule has 1 N–H and O–H groups in total. The van der Waals surface area contributed by atoms with E-state index in [2.05, 4.69) is 9.68 Å². The topological polar surface area (TPSA) is 72.6 Å². The zero-order valence-electron chi connectivity index (χ0n) is 6.08. The van der Waals surface area contributed by atoms with Gasteiger partial charge in [-0.2, -0.15) is 4.39 Å².